The molecule has 6 atom stereocenters. The van der Waals surface area contributed by atoms with Gasteiger partial charge in [-0.15, -0.1) is 34.0 Å². The number of alkyl halides is 6. The summed E-state index contributed by atoms with van der Waals surface area (Å²) in [5, 5.41) is 19.9. The van der Waals surface area contributed by atoms with Gasteiger partial charge in [0.1, 0.15) is 35.6 Å². The Hall–Kier alpha value is -10.6. The molecule has 149 heavy (non-hydrogen) atoms. The minimum absolute atomic E-state index is 0.0216. The predicted molar refractivity (Wildman–Crippen MR) is 540 cm³/mol. The average Bonchev–Trinajstić information content (AvgIpc) is 1.62. The van der Waals surface area contributed by atoms with E-state index in [9.17, 15) is 74.4 Å². The highest BCUT2D eigenvalue weighted by molar-refractivity contribution is 7.90. The van der Waals surface area contributed by atoms with Crippen LogP contribution in [-0.2, 0) is 63.6 Å². The van der Waals surface area contributed by atoms with Crippen LogP contribution < -0.4 is 14.2 Å². The van der Waals surface area contributed by atoms with Gasteiger partial charge in [-0.05, 0) is 169 Å². The number of amidine groups is 3. The van der Waals surface area contributed by atoms with E-state index in [2.05, 4.69) is 73.0 Å². The van der Waals surface area contributed by atoms with E-state index in [1.807, 2.05) is 19.6 Å². The normalized spacial score (nSPS) is 21.0. The van der Waals surface area contributed by atoms with Crippen LogP contribution in [0.4, 0.5) is 39.5 Å². The second-order valence-electron chi connectivity index (χ2n) is 37.4. The number of aliphatic imine (C=N–C) groups is 3. The number of amides is 1. The van der Waals surface area contributed by atoms with E-state index in [1.54, 1.807) is 34.7 Å². The van der Waals surface area contributed by atoms with Gasteiger partial charge in [-0.3, -0.25) is 24.6 Å². The lowest BCUT2D eigenvalue weighted by Crippen LogP contribution is -2.44. The second-order valence-corrected chi connectivity index (χ2v) is 46.9. The number of halogens is 12. The van der Waals surface area contributed by atoms with Crippen molar-refractivity contribution in [2.24, 2.45) is 38.6 Å². The molecule has 6 aromatic heterocycles. The van der Waals surface area contributed by atoms with Gasteiger partial charge in [-0.1, -0.05) is 73.3 Å². The standard InChI is InChI=1S/C37H44ClF3N8O5S2.C29H33ClF3N7O2S2.C28H31ClF3N7O2S2.2CO2/c1-54-32(51)19-24-6-12-47(13-7-24)31(50)18-23-4-10-46(11-5-23)15-17-56(52,53)45-26-21-30-33(29-8-14-49(44-29)37(40)41)34(27-3-2-25(39)20-28(27)38)43-35(48(30)22-26)36-42-9-16-55-36;1-2-18-5-9-38(10-6-18)12-14-44(41,42)37-20-16-24-25(23-7-11-40(36-23)29(32)33)26(21-4-3-19(31)15-22(21)30)35-27(39(24)17-20)28-34-8-13-43-28;1-17-4-8-37(9-5-17)11-13-43(40,41)36-19-15-23-24(22-6-10-39(35-22)28(31)32)25(20-3-2-18(30)14-21(20)29)34-26(38(23)16-19)27-33-7-12-42-27;2*2-1-3/h2-3,8-9,14,16,20,23-24,26,34,37,45H,4-7,10-13,15,17-19,21-22H2,1H3;3-4,7-8,11,13,15,18,20,26,29,37H,2,5-6,9-10,12,14,16-17H2,1H3;2-3,6-7,10,12,14,17,19,25,28,36H,4-5,8-9,11,13,15-16H2,1H3;;/t26-,34-;20-,26-;19-,25-;;/m000../s1. The third kappa shape index (κ3) is 28.5. The van der Waals surface area contributed by atoms with Gasteiger partial charge < -0.3 is 39.0 Å². The number of rotatable bonds is 32. The van der Waals surface area contributed by atoms with Crippen LogP contribution in [0.2, 0.25) is 15.1 Å². The average molecular weight is 2250 g/mol. The van der Waals surface area contributed by atoms with E-state index in [-0.39, 0.29) is 124 Å². The van der Waals surface area contributed by atoms with E-state index >= 15 is 0 Å². The van der Waals surface area contributed by atoms with Crippen molar-refractivity contribution in [3.05, 3.63) is 225 Å². The van der Waals surface area contributed by atoms with Gasteiger partial charge in [0.25, 0.3) is 0 Å². The van der Waals surface area contributed by atoms with Gasteiger partial charge in [0.05, 0.1) is 41.5 Å². The molecule has 9 aromatic rings. The summed E-state index contributed by atoms with van der Waals surface area (Å²) in [6, 6.07) is 12.1. The number of piperidine rings is 4. The highest BCUT2D eigenvalue weighted by Crippen LogP contribution is 2.51. The Balaban J connectivity index is 0.000000164. The fourth-order valence-electron chi connectivity index (χ4n) is 20.2. The molecule has 7 fully saturated rings. The fourth-order valence-corrected chi connectivity index (χ4v) is 26.8. The lowest BCUT2D eigenvalue weighted by atomic mass is 9.91. The topological polar surface area (TPSA) is 402 Å². The minimum atomic E-state index is -3.77. The Morgan fingerprint density at radius 3 is 1.03 bits per heavy atom. The number of likely N-dealkylation sites (tertiary alicyclic amines) is 4. The Kier molecular flexibility index (Phi) is 38.3. The maximum Gasteiger partial charge on any atom is 0.373 e. The van der Waals surface area contributed by atoms with Gasteiger partial charge in [-0.2, -0.15) is 60.8 Å². The molecule has 19 rings (SSSR count). The maximum atomic E-state index is 14.2. The van der Waals surface area contributed by atoms with Crippen molar-refractivity contribution in [1.82, 2.24) is 92.8 Å². The molecule has 0 saturated carbocycles. The Labute approximate surface area is 881 Å². The fraction of sp³-hybridized carbons (Fsp3) is 0.490. The van der Waals surface area contributed by atoms with Crippen molar-refractivity contribution in [2.45, 2.75) is 160 Å². The molecular formula is C96H108Cl3F9N22O13S6. The van der Waals surface area contributed by atoms with Crippen LogP contribution in [0.5, 0.6) is 0 Å². The zero-order chi connectivity index (χ0) is 106. The first kappa shape index (κ1) is 112. The lowest BCUT2D eigenvalue weighted by molar-refractivity contribution is -0.193. The van der Waals surface area contributed by atoms with Crippen LogP contribution in [0.1, 0.15) is 190 Å². The summed E-state index contributed by atoms with van der Waals surface area (Å²) in [7, 11) is -9.66. The SMILES string of the molecule is CC1CCN(CCS(=O)(=O)N[C@H]2CC3=C(c4ccn(C(F)F)n4)[C@H](c4ccc(F)cc4Cl)N=C(c4nccs4)N3C2)CC1.CCC1CCN(CCS(=O)(=O)N[C@H]2CC3=C(c4ccn(C(F)F)n4)[C@H](c4ccc(F)cc4Cl)N=C(c4nccs4)N3C2)CC1.COC(=O)CC1CCN(C(=O)CC2CCN(CCS(=O)(=O)N[C@H]3CC4=C(c5ccn(C(F)F)n5)[C@H](c5ccc(F)cc5Cl)N=C(c5nccs5)N4C3)CC2)CC1.O=C=O.O=C=O. The number of hydrogen-bond acceptors (Lipinski definition) is 31. The first-order valence-electron chi connectivity index (χ1n) is 48.2. The molecule has 3 N–H and O–H groups in total. The van der Waals surface area contributed by atoms with Gasteiger partial charge in [0.2, 0.25) is 36.0 Å². The molecule has 0 aliphatic carbocycles. The zero-order valence-electron chi connectivity index (χ0n) is 80.8. The van der Waals surface area contributed by atoms with E-state index in [1.165, 1.54) is 120 Å². The molecule has 10 aliphatic heterocycles. The van der Waals surface area contributed by atoms with Crippen molar-refractivity contribution in [3.8, 4) is 0 Å². The first-order valence-corrected chi connectivity index (χ1v) is 56.9. The van der Waals surface area contributed by atoms with E-state index in [0.717, 1.165) is 96.2 Å². The van der Waals surface area contributed by atoms with Gasteiger partial charge in [-0.25, -0.2) is 81.6 Å². The molecule has 0 bridgehead atoms. The molecule has 0 unspecified atom stereocenters. The Bertz CT molecular complexity index is 6810. The van der Waals surface area contributed by atoms with Crippen LogP contribution in [0.15, 0.2) is 158 Å². The van der Waals surface area contributed by atoms with Crippen LogP contribution >= 0.6 is 68.8 Å². The van der Waals surface area contributed by atoms with Gasteiger partial charge >= 0.3 is 37.9 Å². The third-order valence-corrected chi connectivity index (χ3v) is 35.3. The Morgan fingerprint density at radius 2 is 0.752 bits per heavy atom. The number of fused-ring (bicyclic) bond motifs is 3. The molecule has 800 valence electrons. The predicted octanol–water partition coefficient (Wildman–Crippen LogP) is 14.9. The minimum Gasteiger partial charge on any atom is -0.469 e. The van der Waals surface area contributed by atoms with Gasteiger partial charge in [0, 0.05) is 221 Å². The highest BCUT2D eigenvalue weighted by atomic mass is 35.5. The molecule has 1 amide bonds. The number of nitrogens with one attached hydrogen (secondary N) is 3. The number of esters is 1. The summed E-state index contributed by atoms with van der Waals surface area (Å²) in [4.78, 5) is 99.5. The summed E-state index contributed by atoms with van der Waals surface area (Å²) >= 11 is 23.7. The van der Waals surface area contributed by atoms with E-state index in [4.69, 9.17) is 73.7 Å². The first-order chi connectivity index (χ1) is 71.4. The number of benzene rings is 3. The summed E-state index contributed by atoms with van der Waals surface area (Å²) < 4.78 is 219. The number of aromatic nitrogens is 9. The number of sulfonamides is 3. The zero-order valence-corrected chi connectivity index (χ0v) is 88.0. The molecule has 10 aliphatic rings. The number of carbonyl (C=O) groups is 2. The van der Waals surface area contributed by atoms with Crippen LogP contribution in [0.3, 0.4) is 0 Å². The summed E-state index contributed by atoms with van der Waals surface area (Å²) in [6.45, 7) is 4.01. The lowest BCUT2D eigenvalue weighted by Gasteiger charge is -2.35. The van der Waals surface area contributed by atoms with Gasteiger partial charge in [0.15, 0.2) is 32.5 Å². The van der Waals surface area contributed by atoms with Crippen molar-refractivity contribution in [2.75, 3.05) is 116 Å². The molecule has 16 heterocycles. The molecule has 53 heteroatoms. The molecule has 35 nitrogen and oxygen atoms in total. The molecular weight excluding hydrogens is 2140 g/mol. The van der Waals surface area contributed by atoms with Crippen molar-refractivity contribution < 1.29 is 98.3 Å². The number of nitrogens with zero attached hydrogens (tertiary/aromatic N) is 19. The Morgan fingerprint density at radius 1 is 0.450 bits per heavy atom. The number of ether oxygens (including phenoxy) is 1. The van der Waals surface area contributed by atoms with Crippen molar-refractivity contribution in [1.29, 1.82) is 0 Å². The second kappa shape index (κ2) is 50.7. The van der Waals surface area contributed by atoms with Crippen molar-refractivity contribution in [3.63, 3.8) is 0 Å². The molecule has 7 saturated heterocycles. The number of carbonyl (C=O) groups excluding carboxylic acids is 6. The quantitative estimate of drug-likeness (QED) is 0.0260. The third-order valence-electron chi connectivity index (χ3n) is 27.7. The maximum absolute atomic E-state index is 14.2. The number of thiazole rings is 3. The summed E-state index contributed by atoms with van der Waals surface area (Å²) in [5.74, 6) is 1.43. The van der Waals surface area contributed by atoms with Crippen LogP contribution in [0.25, 0.3) is 16.7 Å². The number of methoxy groups -OCH3 is 1. The largest absolute Gasteiger partial charge is 0.469 e. The smallest absolute Gasteiger partial charge is 0.373 e. The van der Waals surface area contributed by atoms with Crippen LogP contribution in [0, 0.1) is 41.1 Å². The number of hydrogen-bond donors (Lipinski definition) is 3. The molecule has 0 spiro atoms. The van der Waals surface area contributed by atoms with E-state index in [0.29, 0.717) is 168 Å². The molecule has 0 radical (unpaired) electrons. The molecule has 3 aromatic carbocycles. The van der Waals surface area contributed by atoms with E-state index < -0.39 is 103 Å². The summed E-state index contributed by atoms with van der Waals surface area (Å²) in [6.07, 6.45) is 19.1. The van der Waals surface area contributed by atoms with Crippen LogP contribution in [-0.4, -0.2) is 280 Å². The summed E-state index contributed by atoms with van der Waals surface area (Å²) in [5.41, 5.74) is 5.50. The highest BCUT2D eigenvalue weighted by Gasteiger charge is 2.47. The van der Waals surface area contributed by atoms with Crippen molar-refractivity contribution >= 4 is 157 Å². The monoisotopic (exact) mass is 2240 g/mol.